The van der Waals surface area contributed by atoms with E-state index < -0.39 is 0 Å². The average Bonchev–Trinajstić information content (AvgIpc) is 2.61. The molecule has 0 amide bonds. The van der Waals surface area contributed by atoms with Gasteiger partial charge in [0.25, 0.3) is 0 Å². The zero-order chi connectivity index (χ0) is 12.4. The van der Waals surface area contributed by atoms with Crippen molar-refractivity contribution in [3.05, 3.63) is 0 Å². The van der Waals surface area contributed by atoms with E-state index in [4.69, 9.17) is 4.99 Å². The van der Waals surface area contributed by atoms with Gasteiger partial charge in [-0.05, 0) is 26.9 Å². The highest BCUT2D eigenvalue weighted by Gasteiger charge is 2.29. The zero-order valence-electron chi connectivity index (χ0n) is 11.7. The van der Waals surface area contributed by atoms with Crippen LogP contribution in [-0.4, -0.2) is 74.0 Å². The Labute approximate surface area is 105 Å². The van der Waals surface area contributed by atoms with Crippen LogP contribution in [0.15, 0.2) is 4.99 Å². The molecule has 1 aliphatic heterocycles. The Hall–Kier alpha value is -0.770. The summed E-state index contributed by atoms with van der Waals surface area (Å²) in [4.78, 5) is 11.9. The lowest BCUT2D eigenvalue weighted by atomic mass is 9.90. The number of nitrogens with zero attached hydrogens (tertiary/aromatic N) is 4. The lowest BCUT2D eigenvalue weighted by Gasteiger charge is -2.34. The summed E-state index contributed by atoms with van der Waals surface area (Å²) in [5.41, 5.74) is 0. The van der Waals surface area contributed by atoms with Crippen LogP contribution >= 0.6 is 0 Å². The van der Waals surface area contributed by atoms with Gasteiger partial charge in [-0.25, -0.2) is 4.99 Å². The summed E-state index contributed by atoms with van der Waals surface area (Å²) in [6.45, 7) is 2.21. The summed E-state index contributed by atoms with van der Waals surface area (Å²) in [7, 11) is 8.67. The van der Waals surface area contributed by atoms with E-state index in [0.29, 0.717) is 12.1 Å². The molecule has 4 nitrogen and oxygen atoms in total. The van der Waals surface area contributed by atoms with Gasteiger partial charge in [-0.15, -0.1) is 0 Å². The van der Waals surface area contributed by atoms with Crippen molar-refractivity contribution >= 4 is 5.96 Å². The third-order valence-electron chi connectivity index (χ3n) is 4.09. The summed E-state index contributed by atoms with van der Waals surface area (Å²) in [5, 5.41) is 0. The molecule has 0 aromatic heterocycles. The van der Waals surface area contributed by atoms with Crippen molar-refractivity contribution < 1.29 is 0 Å². The van der Waals surface area contributed by atoms with Crippen molar-refractivity contribution in [3.63, 3.8) is 0 Å². The van der Waals surface area contributed by atoms with Gasteiger partial charge in [0.05, 0.1) is 6.04 Å². The first-order valence-corrected chi connectivity index (χ1v) is 6.76. The minimum atomic E-state index is 0.483. The molecule has 1 aliphatic carbocycles. The minimum Gasteiger partial charge on any atom is -0.344 e. The maximum absolute atomic E-state index is 5.03. The highest BCUT2D eigenvalue weighted by molar-refractivity contribution is 5.81. The van der Waals surface area contributed by atoms with E-state index in [1.54, 1.807) is 0 Å². The van der Waals surface area contributed by atoms with E-state index in [2.05, 4.69) is 42.9 Å². The van der Waals surface area contributed by atoms with Crippen LogP contribution in [-0.2, 0) is 0 Å². The van der Waals surface area contributed by atoms with Gasteiger partial charge in [0.1, 0.15) is 0 Å². The van der Waals surface area contributed by atoms with Crippen molar-refractivity contribution in [2.75, 3.05) is 41.3 Å². The van der Waals surface area contributed by atoms with Gasteiger partial charge in [0.15, 0.2) is 5.96 Å². The lowest BCUT2D eigenvalue weighted by Crippen LogP contribution is -2.42. The molecule has 0 aromatic carbocycles. The number of guanidine groups is 1. The SMILES string of the molecule is CN1CCN(C)C1=N[C@@H]1CCCC[C@H]1N(C)C. The van der Waals surface area contributed by atoms with Crippen LogP contribution in [0.3, 0.4) is 0 Å². The van der Waals surface area contributed by atoms with Crippen molar-refractivity contribution in [3.8, 4) is 0 Å². The van der Waals surface area contributed by atoms with Crippen LogP contribution < -0.4 is 0 Å². The maximum atomic E-state index is 5.03. The van der Waals surface area contributed by atoms with Crippen LogP contribution in [0.2, 0.25) is 0 Å². The molecule has 4 heteroatoms. The Morgan fingerprint density at radius 3 is 2.24 bits per heavy atom. The molecule has 0 aromatic rings. The van der Waals surface area contributed by atoms with Gasteiger partial charge in [-0.1, -0.05) is 12.8 Å². The summed E-state index contributed by atoms with van der Waals surface area (Å²) < 4.78 is 0. The smallest absolute Gasteiger partial charge is 0.196 e. The van der Waals surface area contributed by atoms with Gasteiger partial charge >= 0.3 is 0 Å². The second-order valence-electron chi connectivity index (χ2n) is 5.65. The summed E-state index contributed by atoms with van der Waals surface area (Å²) in [6, 6.07) is 1.11. The molecule has 2 rings (SSSR count). The minimum absolute atomic E-state index is 0.483. The topological polar surface area (TPSA) is 22.1 Å². The second kappa shape index (κ2) is 5.25. The molecule has 1 heterocycles. The second-order valence-corrected chi connectivity index (χ2v) is 5.65. The molecule has 17 heavy (non-hydrogen) atoms. The third kappa shape index (κ3) is 2.73. The Morgan fingerprint density at radius 1 is 1.06 bits per heavy atom. The largest absolute Gasteiger partial charge is 0.344 e. The molecule has 1 saturated heterocycles. The van der Waals surface area contributed by atoms with Crippen LogP contribution in [0.4, 0.5) is 0 Å². The van der Waals surface area contributed by atoms with Crippen LogP contribution in [0.1, 0.15) is 25.7 Å². The number of aliphatic imine (C=N–C) groups is 1. The number of hydrogen-bond donors (Lipinski definition) is 0. The molecule has 1 saturated carbocycles. The Morgan fingerprint density at radius 2 is 1.65 bits per heavy atom. The first-order valence-electron chi connectivity index (χ1n) is 6.76. The van der Waals surface area contributed by atoms with Gasteiger partial charge in [0.2, 0.25) is 0 Å². The van der Waals surface area contributed by atoms with Crippen LogP contribution in [0.25, 0.3) is 0 Å². The molecule has 2 atom stereocenters. The summed E-state index contributed by atoms with van der Waals surface area (Å²) >= 11 is 0. The highest BCUT2D eigenvalue weighted by atomic mass is 15.4. The van der Waals surface area contributed by atoms with E-state index in [1.165, 1.54) is 31.6 Å². The molecule has 0 N–H and O–H groups in total. The summed E-state index contributed by atoms with van der Waals surface area (Å²) in [6.07, 6.45) is 5.23. The van der Waals surface area contributed by atoms with E-state index in [0.717, 1.165) is 13.1 Å². The summed E-state index contributed by atoms with van der Waals surface area (Å²) in [5.74, 6) is 1.18. The van der Waals surface area contributed by atoms with E-state index in [-0.39, 0.29) is 0 Å². The fourth-order valence-electron chi connectivity index (χ4n) is 2.98. The van der Waals surface area contributed by atoms with Crippen molar-refractivity contribution in [2.24, 2.45) is 4.99 Å². The Bertz CT molecular complexity index is 275. The van der Waals surface area contributed by atoms with Crippen LogP contribution in [0.5, 0.6) is 0 Å². The average molecular weight is 238 g/mol. The standard InChI is InChI=1S/C13H26N4/c1-15(2)12-8-6-5-7-11(12)14-13-16(3)9-10-17(13)4/h11-12H,5-10H2,1-4H3/t11-,12-/m1/s1. The first-order chi connectivity index (χ1) is 8.09. The molecule has 2 fully saturated rings. The molecule has 0 unspecified atom stereocenters. The highest BCUT2D eigenvalue weighted by Crippen LogP contribution is 2.25. The van der Waals surface area contributed by atoms with Crippen molar-refractivity contribution in [1.29, 1.82) is 0 Å². The number of hydrogen-bond acceptors (Lipinski definition) is 2. The van der Waals surface area contributed by atoms with E-state index >= 15 is 0 Å². The quantitative estimate of drug-likeness (QED) is 0.719. The van der Waals surface area contributed by atoms with Gasteiger partial charge in [-0.2, -0.15) is 0 Å². The molecular formula is C13H26N4. The van der Waals surface area contributed by atoms with E-state index in [1.807, 2.05) is 0 Å². The number of likely N-dealkylation sites (N-methyl/N-ethyl adjacent to an activating group) is 3. The zero-order valence-corrected chi connectivity index (χ0v) is 11.7. The lowest BCUT2D eigenvalue weighted by molar-refractivity contribution is 0.201. The molecule has 0 radical (unpaired) electrons. The van der Waals surface area contributed by atoms with Gasteiger partial charge in [0, 0.05) is 33.2 Å². The Kier molecular flexibility index (Phi) is 3.92. The molecule has 2 aliphatic rings. The fourth-order valence-corrected chi connectivity index (χ4v) is 2.98. The normalized spacial score (nSPS) is 30.3. The van der Waals surface area contributed by atoms with Crippen molar-refractivity contribution in [2.45, 2.75) is 37.8 Å². The predicted molar refractivity (Wildman–Crippen MR) is 72.4 cm³/mol. The van der Waals surface area contributed by atoms with Crippen LogP contribution in [0, 0.1) is 0 Å². The van der Waals surface area contributed by atoms with Gasteiger partial charge < -0.3 is 14.7 Å². The van der Waals surface area contributed by atoms with Gasteiger partial charge in [-0.3, -0.25) is 0 Å². The molecule has 0 bridgehead atoms. The Balaban J connectivity index is 2.11. The maximum Gasteiger partial charge on any atom is 0.196 e. The monoisotopic (exact) mass is 238 g/mol. The van der Waals surface area contributed by atoms with E-state index in [9.17, 15) is 0 Å². The van der Waals surface area contributed by atoms with Crippen molar-refractivity contribution in [1.82, 2.24) is 14.7 Å². The predicted octanol–water partition coefficient (Wildman–Crippen LogP) is 1.09. The fraction of sp³-hybridized carbons (Fsp3) is 0.923. The third-order valence-corrected chi connectivity index (χ3v) is 4.09. The number of rotatable bonds is 2. The first kappa shape index (κ1) is 12.7. The molecular weight excluding hydrogens is 212 g/mol. The molecule has 0 spiro atoms. The molecule has 98 valence electrons.